The summed E-state index contributed by atoms with van der Waals surface area (Å²) in [5.41, 5.74) is 7.45. The van der Waals surface area contributed by atoms with Crippen LogP contribution in [0.3, 0.4) is 0 Å². The number of nitrogens with two attached hydrogens (primary N) is 1. The Hall–Kier alpha value is -1.18. The second-order valence-corrected chi connectivity index (χ2v) is 6.98. The average molecular weight is 309 g/mol. The van der Waals surface area contributed by atoms with Crippen molar-refractivity contribution in [3.05, 3.63) is 30.1 Å². The third kappa shape index (κ3) is 3.68. The minimum atomic E-state index is 0.0779. The van der Waals surface area contributed by atoms with E-state index in [1.807, 2.05) is 31.1 Å². The Balaban J connectivity index is 2.19. The Kier molecular flexibility index (Phi) is 5.33. The van der Waals surface area contributed by atoms with E-state index < -0.39 is 0 Å². The van der Waals surface area contributed by atoms with Crippen molar-refractivity contribution in [2.75, 3.05) is 19.0 Å². The van der Waals surface area contributed by atoms with Crippen LogP contribution in [0.5, 0.6) is 0 Å². The van der Waals surface area contributed by atoms with Crippen molar-refractivity contribution in [1.82, 2.24) is 15.2 Å². The molecule has 2 rings (SSSR count). The van der Waals surface area contributed by atoms with Crippen molar-refractivity contribution in [3.8, 4) is 0 Å². The molecular formula is C13H19N5S2. The van der Waals surface area contributed by atoms with E-state index in [0.717, 1.165) is 15.9 Å². The van der Waals surface area contributed by atoms with Gasteiger partial charge in [-0.25, -0.2) is 0 Å². The molecule has 7 heteroatoms. The summed E-state index contributed by atoms with van der Waals surface area (Å²) in [6.07, 6.45) is 4.52. The molecule has 20 heavy (non-hydrogen) atoms. The quantitative estimate of drug-likeness (QED) is 0.827. The summed E-state index contributed by atoms with van der Waals surface area (Å²) in [7, 11) is 3.93. The lowest BCUT2D eigenvalue weighted by atomic mass is 10.1. The second-order valence-electron chi connectivity index (χ2n) is 4.64. The van der Waals surface area contributed by atoms with E-state index in [4.69, 9.17) is 5.73 Å². The molecule has 0 radical (unpaired) electrons. The van der Waals surface area contributed by atoms with Gasteiger partial charge in [0, 0.05) is 32.5 Å². The number of pyridine rings is 1. The average Bonchev–Trinajstić information content (AvgIpc) is 2.94. The first-order chi connectivity index (χ1) is 9.61. The van der Waals surface area contributed by atoms with Gasteiger partial charge in [0.15, 0.2) is 4.34 Å². The van der Waals surface area contributed by atoms with Gasteiger partial charge in [0.05, 0.1) is 5.25 Å². The Labute approximate surface area is 127 Å². The zero-order valence-corrected chi connectivity index (χ0v) is 13.5. The van der Waals surface area contributed by atoms with Crippen LogP contribution in [0.15, 0.2) is 28.9 Å². The lowest BCUT2D eigenvalue weighted by Crippen LogP contribution is -2.25. The minimum Gasteiger partial charge on any atom is -0.353 e. The van der Waals surface area contributed by atoms with Crippen molar-refractivity contribution in [2.24, 2.45) is 5.73 Å². The summed E-state index contributed by atoms with van der Waals surface area (Å²) in [4.78, 5) is 6.03. The molecule has 0 spiro atoms. The van der Waals surface area contributed by atoms with E-state index in [2.05, 4.69) is 22.1 Å². The number of thioether (sulfide) groups is 1. The molecule has 0 aliphatic heterocycles. The Morgan fingerprint density at radius 2 is 2.00 bits per heavy atom. The van der Waals surface area contributed by atoms with Gasteiger partial charge in [0.1, 0.15) is 0 Å². The molecule has 0 saturated heterocycles. The van der Waals surface area contributed by atoms with Crippen LogP contribution in [0.4, 0.5) is 5.13 Å². The molecule has 2 N–H and O–H groups in total. The summed E-state index contributed by atoms with van der Waals surface area (Å²) in [5, 5.41) is 9.49. The predicted octanol–water partition coefficient (Wildman–Crippen LogP) is 2.57. The number of hydrogen-bond acceptors (Lipinski definition) is 7. The maximum atomic E-state index is 6.27. The Bertz CT molecular complexity index is 529. The molecule has 0 aromatic carbocycles. The van der Waals surface area contributed by atoms with Gasteiger partial charge in [0.2, 0.25) is 5.13 Å². The predicted molar refractivity (Wildman–Crippen MR) is 85.3 cm³/mol. The molecular weight excluding hydrogens is 290 g/mol. The fourth-order valence-electron chi connectivity index (χ4n) is 1.71. The van der Waals surface area contributed by atoms with Gasteiger partial charge in [-0.15, -0.1) is 10.2 Å². The number of hydrogen-bond donors (Lipinski definition) is 1. The van der Waals surface area contributed by atoms with E-state index in [0.29, 0.717) is 0 Å². The first kappa shape index (κ1) is 15.2. The lowest BCUT2D eigenvalue weighted by Gasteiger charge is -2.21. The van der Waals surface area contributed by atoms with Crippen molar-refractivity contribution in [2.45, 2.75) is 29.0 Å². The van der Waals surface area contributed by atoms with Crippen LogP contribution in [-0.4, -0.2) is 35.3 Å². The molecule has 2 aromatic rings. The highest BCUT2D eigenvalue weighted by molar-refractivity contribution is 8.01. The lowest BCUT2D eigenvalue weighted by molar-refractivity contribution is 0.633. The Morgan fingerprint density at radius 1 is 1.30 bits per heavy atom. The number of nitrogens with zero attached hydrogens (tertiary/aromatic N) is 4. The highest BCUT2D eigenvalue weighted by Gasteiger charge is 2.22. The van der Waals surface area contributed by atoms with Crippen molar-refractivity contribution in [1.29, 1.82) is 0 Å². The molecule has 108 valence electrons. The first-order valence-corrected chi connectivity index (χ1v) is 8.14. The van der Waals surface area contributed by atoms with Gasteiger partial charge in [-0.1, -0.05) is 30.0 Å². The molecule has 2 atom stereocenters. The monoisotopic (exact) mass is 309 g/mol. The van der Waals surface area contributed by atoms with Crippen LogP contribution in [-0.2, 0) is 0 Å². The molecule has 0 aliphatic rings. The van der Waals surface area contributed by atoms with Gasteiger partial charge >= 0.3 is 0 Å². The number of anilines is 1. The molecule has 0 saturated carbocycles. The van der Waals surface area contributed by atoms with Crippen LogP contribution in [0.25, 0.3) is 0 Å². The SMILES string of the molecule is CCC(N)C(Sc1nnc(N(C)C)s1)c1ccncc1. The summed E-state index contributed by atoms with van der Waals surface area (Å²) in [5.74, 6) is 0. The van der Waals surface area contributed by atoms with Gasteiger partial charge in [-0.2, -0.15) is 0 Å². The zero-order chi connectivity index (χ0) is 14.5. The second kappa shape index (κ2) is 7.01. The summed E-state index contributed by atoms with van der Waals surface area (Å²) in [6, 6.07) is 4.11. The third-order valence-electron chi connectivity index (χ3n) is 2.90. The van der Waals surface area contributed by atoms with Crippen molar-refractivity contribution in [3.63, 3.8) is 0 Å². The minimum absolute atomic E-state index is 0.0779. The summed E-state index contributed by atoms with van der Waals surface area (Å²) < 4.78 is 0.944. The standard InChI is InChI=1S/C13H19N5S2/c1-4-10(14)11(9-5-7-15-8-6-9)19-13-17-16-12(20-13)18(2)3/h5-8,10-11H,4,14H2,1-3H3. The van der Waals surface area contributed by atoms with Crippen LogP contribution in [0, 0.1) is 0 Å². The van der Waals surface area contributed by atoms with Gasteiger partial charge in [-0.3, -0.25) is 4.98 Å². The van der Waals surface area contributed by atoms with E-state index in [-0.39, 0.29) is 11.3 Å². The smallest absolute Gasteiger partial charge is 0.208 e. The maximum absolute atomic E-state index is 6.27. The highest BCUT2D eigenvalue weighted by Crippen LogP contribution is 2.40. The van der Waals surface area contributed by atoms with E-state index in [1.54, 1.807) is 35.5 Å². The molecule has 0 amide bonds. The van der Waals surface area contributed by atoms with Crippen LogP contribution < -0.4 is 10.6 Å². The molecule has 0 aliphatic carbocycles. The number of aromatic nitrogens is 3. The molecule has 0 fully saturated rings. The van der Waals surface area contributed by atoms with Gasteiger partial charge < -0.3 is 10.6 Å². The molecule has 2 unspecified atom stereocenters. The van der Waals surface area contributed by atoms with Gasteiger partial charge in [-0.05, 0) is 24.1 Å². The van der Waals surface area contributed by atoms with Crippen LogP contribution in [0.1, 0.15) is 24.2 Å². The van der Waals surface area contributed by atoms with Crippen molar-refractivity contribution < 1.29 is 0 Å². The van der Waals surface area contributed by atoms with Crippen LogP contribution in [0.2, 0.25) is 0 Å². The summed E-state index contributed by atoms with van der Waals surface area (Å²) in [6.45, 7) is 2.10. The Morgan fingerprint density at radius 3 is 2.55 bits per heavy atom. The molecule has 0 bridgehead atoms. The fraction of sp³-hybridized carbons (Fsp3) is 0.462. The normalized spacial score (nSPS) is 14.0. The van der Waals surface area contributed by atoms with E-state index in [9.17, 15) is 0 Å². The summed E-state index contributed by atoms with van der Waals surface area (Å²) >= 11 is 3.27. The molecule has 2 aromatic heterocycles. The largest absolute Gasteiger partial charge is 0.353 e. The van der Waals surface area contributed by atoms with Gasteiger partial charge in [0.25, 0.3) is 0 Å². The maximum Gasteiger partial charge on any atom is 0.208 e. The van der Waals surface area contributed by atoms with E-state index >= 15 is 0 Å². The first-order valence-electron chi connectivity index (χ1n) is 6.44. The van der Waals surface area contributed by atoms with Crippen LogP contribution >= 0.6 is 23.1 Å². The number of rotatable bonds is 6. The highest BCUT2D eigenvalue weighted by atomic mass is 32.2. The van der Waals surface area contributed by atoms with Crippen molar-refractivity contribution >= 4 is 28.2 Å². The van der Waals surface area contributed by atoms with E-state index in [1.165, 1.54) is 5.56 Å². The molecule has 5 nitrogen and oxygen atoms in total. The topological polar surface area (TPSA) is 67.9 Å². The fourth-order valence-corrected chi connectivity index (χ4v) is 3.90. The molecule has 2 heterocycles. The zero-order valence-electron chi connectivity index (χ0n) is 11.9. The third-order valence-corrected chi connectivity index (χ3v) is 5.48.